The Morgan fingerprint density at radius 2 is 1.38 bits per heavy atom. The first-order valence-corrected chi connectivity index (χ1v) is 12.1. The molecule has 4 rings (SSSR count). The first-order valence-electron chi connectivity index (χ1n) is 12.1. The first kappa shape index (κ1) is 25.9. The summed E-state index contributed by atoms with van der Waals surface area (Å²) in [4.78, 5) is 24.2. The molecule has 1 aromatic heterocycles. The Hall–Kier alpha value is -4.13. The van der Waals surface area contributed by atoms with Crippen LogP contribution < -0.4 is 5.63 Å². The summed E-state index contributed by atoms with van der Waals surface area (Å²) in [7, 11) is 0. The minimum atomic E-state index is -0.760. The summed E-state index contributed by atoms with van der Waals surface area (Å²) in [6.45, 7) is 12.0. The molecule has 4 aromatic rings. The molecule has 0 saturated heterocycles. The van der Waals surface area contributed by atoms with E-state index >= 15 is 0 Å². The van der Waals surface area contributed by atoms with Crippen molar-refractivity contribution in [3.8, 4) is 11.5 Å². The van der Waals surface area contributed by atoms with E-state index in [-0.39, 0.29) is 33.7 Å². The lowest BCUT2D eigenvalue weighted by atomic mass is 9.75. The van der Waals surface area contributed by atoms with Crippen molar-refractivity contribution in [3.63, 3.8) is 0 Å². The van der Waals surface area contributed by atoms with Crippen molar-refractivity contribution in [1.29, 1.82) is 0 Å². The molecule has 1 heterocycles. The highest BCUT2D eigenvalue weighted by molar-refractivity contribution is 5.86. The summed E-state index contributed by atoms with van der Waals surface area (Å²) in [5.74, 6) is -0.934. The molecular weight excluding hydrogens is 470 g/mol. The van der Waals surface area contributed by atoms with Crippen LogP contribution in [0, 0.1) is 10.1 Å². The Labute approximate surface area is 215 Å². The number of nitrogens with zero attached hydrogens (tertiary/aromatic N) is 1. The fraction of sp³-hybridized carbons (Fsp3) is 0.300. The predicted octanol–water partition coefficient (Wildman–Crippen LogP) is 6.89. The van der Waals surface area contributed by atoms with Gasteiger partial charge in [0.2, 0.25) is 0 Å². The number of rotatable bonds is 4. The maximum Gasteiger partial charge on any atom is 0.344 e. The monoisotopic (exact) mass is 501 g/mol. The summed E-state index contributed by atoms with van der Waals surface area (Å²) >= 11 is 0. The molecule has 192 valence electrons. The third kappa shape index (κ3) is 4.81. The van der Waals surface area contributed by atoms with Crippen molar-refractivity contribution in [2.75, 3.05) is 0 Å². The smallest absolute Gasteiger partial charge is 0.344 e. The van der Waals surface area contributed by atoms with E-state index in [1.165, 1.54) is 18.2 Å². The fourth-order valence-electron chi connectivity index (χ4n) is 4.69. The van der Waals surface area contributed by atoms with Crippen LogP contribution in [0.1, 0.15) is 75.3 Å². The standard InChI is InChI=1S/C30H31NO6/c1-29(2,3)21-14-18(15-22(27(21)33)30(4,5)6)24(17-10-8-7-9-11-17)25-26(32)20-16-19(31(35)36)12-13-23(20)37-28(25)34/h7-16,24,32-33H,1-6H3. The molecule has 0 saturated carbocycles. The summed E-state index contributed by atoms with van der Waals surface area (Å²) in [5, 5.41) is 34.1. The van der Waals surface area contributed by atoms with Gasteiger partial charge in [-0.15, -0.1) is 0 Å². The second kappa shape index (κ2) is 9.07. The summed E-state index contributed by atoms with van der Waals surface area (Å²) in [6, 6.07) is 16.7. The number of phenols is 1. The van der Waals surface area contributed by atoms with Crippen LogP contribution in [0.4, 0.5) is 5.69 Å². The first-order chi connectivity index (χ1) is 17.2. The summed E-state index contributed by atoms with van der Waals surface area (Å²) in [5.41, 5.74) is 1.04. The van der Waals surface area contributed by atoms with Gasteiger partial charge in [-0.25, -0.2) is 4.79 Å². The van der Waals surface area contributed by atoms with Crippen molar-refractivity contribution >= 4 is 16.7 Å². The molecule has 37 heavy (non-hydrogen) atoms. The average Bonchev–Trinajstić information content (AvgIpc) is 2.81. The maximum absolute atomic E-state index is 13.4. The van der Waals surface area contributed by atoms with Crippen molar-refractivity contribution in [1.82, 2.24) is 0 Å². The van der Waals surface area contributed by atoms with Crippen LogP contribution in [0.15, 0.2) is 69.9 Å². The molecular formula is C30H31NO6. The largest absolute Gasteiger partial charge is 0.507 e. The number of phenolic OH excluding ortho intramolecular Hbond substituents is 1. The molecule has 0 radical (unpaired) electrons. The second-order valence-corrected chi connectivity index (χ2v) is 11.4. The Kier molecular flexibility index (Phi) is 6.36. The van der Waals surface area contributed by atoms with Gasteiger partial charge in [-0.1, -0.05) is 84.0 Å². The van der Waals surface area contributed by atoms with E-state index < -0.39 is 27.3 Å². The molecule has 2 N–H and O–H groups in total. The van der Waals surface area contributed by atoms with Crippen LogP contribution in [0.25, 0.3) is 11.0 Å². The zero-order valence-corrected chi connectivity index (χ0v) is 21.8. The Morgan fingerprint density at radius 1 is 0.811 bits per heavy atom. The zero-order chi connectivity index (χ0) is 27.3. The molecule has 0 aliphatic rings. The van der Waals surface area contributed by atoms with Crippen LogP contribution in [0.3, 0.4) is 0 Å². The second-order valence-electron chi connectivity index (χ2n) is 11.4. The Morgan fingerprint density at radius 3 is 1.89 bits per heavy atom. The van der Waals surface area contributed by atoms with Crippen LogP contribution >= 0.6 is 0 Å². The van der Waals surface area contributed by atoms with Gasteiger partial charge in [-0.2, -0.15) is 0 Å². The minimum absolute atomic E-state index is 0.0235. The number of non-ortho nitro benzene ring substituents is 1. The van der Waals surface area contributed by atoms with Crippen molar-refractivity contribution in [2.24, 2.45) is 0 Å². The molecule has 7 nitrogen and oxygen atoms in total. The number of hydrogen-bond donors (Lipinski definition) is 2. The van der Waals surface area contributed by atoms with Gasteiger partial charge < -0.3 is 14.6 Å². The van der Waals surface area contributed by atoms with E-state index in [0.29, 0.717) is 16.7 Å². The van der Waals surface area contributed by atoms with E-state index in [4.69, 9.17) is 4.42 Å². The van der Waals surface area contributed by atoms with E-state index in [1.807, 2.05) is 84.0 Å². The van der Waals surface area contributed by atoms with E-state index in [0.717, 1.165) is 5.56 Å². The summed E-state index contributed by atoms with van der Waals surface area (Å²) < 4.78 is 5.56. The highest BCUT2D eigenvalue weighted by atomic mass is 16.6. The van der Waals surface area contributed by atoms with Crippen LogP contribution in [0.2, 0.25) is 0 Å². The average molecular weight is 502 g/mol. The number of fused-ring (bicyclic) bond motifs is 1. The van der Waals surface area contributed by atoms with Crippen LogP contribution in [-0.4, -0.2) is 15.1 Å². The molecule has 7 heteroatoms. The quantitative estimate of drug-likeness (QED) is 0.179. The molecule has 0 aliphatic heterocycles. The van der Waals surface area contributed by atoms with Gasteiger partial charge in [0.05, 0.1) is 15.9 Å². The van der Waals surface area contributed by atoms with Crippen LogP contribution in [0.5, 0.6) is 11.5 Å². The normalized spacial score (nSPS) is 13.0. The SMILES string of the molecule is CC(C)(C)c1cc(C(c2ccccc2)c2c(O)c3cc([N+](=O)[O-])ccc3oc2=O)cc(C(C)(C)C)c1O. The van der Waals surface area contributed by atoms with Gasteiger partial charge in [-0.3, -0.25) is 10.1 Å². The minimum Gasteiger partial charge on any atom is -0.507 e. The molecule has 0 aliphatic carbocycles. The number of aromatic hydroxyl groups is 2. The number of hydrogen-bond acceptors (Lipinski definition) is 6. The highest BCUT2D eigenvalue weighted by Crippen LogP contribution is 2.45. The molecule has 0 spiro atoms. The number of nitro benzene ring substituents is 1. The molecule has 0 bridgehead atoms. The maximum atomic E-state index is 13.4. The van der Waals surface area contributed by atoms with Gasteiger partial charge in [0, 0.05) is 18.1 Å². The fourth-order valence-corrected chi connectivity index (χ4v) is 4.69. The molecule has 1 atom stereocenters. The number of benzene rings is 3. The third-order valence-corrected chi connectivity index (χ3v) is 6.61. The van der Waals surface area contributed by atoms with Crippen LogP contribution in [-0.2, 0) is 10.8 Å². The molecule has 0 fully saturated rings. The van der Waals surface area contributed by atoms with Crippen molar-refractivity contribution in [3.05, 3.63) is 109 Å². The number of nitro groups is 1. The molecule has 3 aromatic carbocycles. The lowest BCUT2D eigenvalue weighted by molar-refractivity contribution is -0.384. The lowest BCUT2D eigenvalue weighted by Crippen LogP contribution is -2.20. The van der Waals surface area contributed by atoms with Crippen molar-refractivity contribution in [2.45, 2.75) is 58.3 Å². The van der Waals surface area contributed by atoms with Gasteiger partial charge in [-0.05, 0) is 39.2 Å². The zero-order valence-electron chi connectivity index (χ0n) is 21.8. The predicted molar refractivity (Wildman–Crippen MR) is 144 cm³/mol. The van der Waals surface area contributed by atoms with Crippen molar-refractivity contribution < 1.29 is 19.6 Å². The van der Waals surface area contributed by atoms with Gasteiger partial charge in [0.25, 0.3) is 5.69 Å². The Balaban J connectivity index is 2.13. The van der Waals surface area contributed by atoms with Gasteiger partial charge >= 0.3 is 5.63 Å². The van der Waals surface area contributed by atoms with E-state index in [9.17, 15) is 25.1 Å². The third-order valence-electron chi connectivity index (χ3n) is 6.61. The topological polar surface area (TPSA) is 114 Å². The molecule has 1 unspecified atom stereocenters. The molecule has 0 amide bonds. The highest BCUT2D eigenvalue weighted by Gasteiger charge is 2.32. The Bertz CT molecular complexity index is 1520. The van der Waals surface area contributed by atoms with E-state index in [2.05, 4.69) is 0 Å². The lowest BCUT2D eigenvalue weighted by Gasteiger charge is -2.30. The van der Waals surface area contributed by atoms with E-state index in [1.54, 1.807) is 0 Å². The summed E-state index contributed by atoms with van der Waals surface area (Å²) in [6.07, 6.45) is 0. The van der Waals surface area contributed by atoms with Gasteiger partial charge in [0.15, 0.2) is 0 Å². The van der Waals surface area contributed by atoms with Gasteiger partial charge in [0.1, 0.15) is 17.1 Å².